The van der Waals surface area contributed by atoms with E-state index in [1.54, 1.807) is 0 Å². The van der Waals surface area contributed by atoms with Crippen LogP contribution in [-0.4, -0.2) is 11.7 Å². The average Bonchev–Trinajstić information content (AvgIpc) is 2.96. The first-order chi connectivity index (χ1) is 8.72. The van der Waals surface area contributed by atoms with Crippen molar-refractivity contribution in [3.63, 3.8) is 0 Å². The highest BCUT2D eigenvalue weighted by atomic mass is 35.5. The molecule has 1 aromatic carbocycles. The van der Waals surface area contributed by atoms with Crippen LogP contribution >= 0.6 is 22.9 Å². The monoisotopic (exact) mass is 280 g/mol. The zero-order chi connectivity index (χ0) is 12.5. The number of ether oxygens (including phenoxy) is 1. The number of benzene rings is 1. The topological polar surface area (TPSA) is 29.5 Å². The summed E-state index contributed by atoms with van der Waals surface area (Å²) in [6.45, 7) is 0.745. The molecule has 18 heavy (non-hydrogen) atoms. The van der Waals surface area contributed by atoms with Gasteiger partial charge in [-0.25, -0.2) is 0 Å². The van der Waals surface area contributed by atoms with Crippen molar-refractivity contribution >= 4 is 22.9 Å². The number of hydrogen-bond acceptors (Lipinski definition) is 3. The van der Waals surface area contributed by atoms with Crippen LogP contribution in [0, 0.1) is 0 Å². The third-order valence-electron chi connectivity index (χ3n) is 3.12. The van der Waals surface area contributed by atoms with Gasteiger partial charge in [-0.05, 0) is 35.4 Å². The molecule has 1 atom stereocenters. The zero-order valence-electron chi connectivity index (χ0n) is 9.73. The number of fused-ring (bicyclic) bond motifs is 1. The van der Waals surface area contributed by atoms with E-state index in [-0.39, 0.29) is 0 Å². The normalized spacial score (nSPS) is 15.2. The standard InChI is InChI=1S/C14H13ClO2S/c15-14-4-2-11(18-14)8-12(16)9-1-3-13-10(7-9)5-6-17-13/h1-4,7,12,16H,5-6,8H2. The quantitative estimate of drug-likeness (QED) is 0.931. The molecule has 0 bridgehead atoms. The summed E-state index contributed by atoms with van der Waals surface area (Å²) >= 11 is 7.40. The SMILES string of the molecule is OC(Cc1ccc(Cl)s1)c1ccc2c(c1)CCO2. The van der Waals surface area contributed by atoms with Crippen molar-refractivity contribution in [3.05, 3.63) is 50.7 Å². The van der Waals surface area contributed by atoms with Crippen molar-refractivity contribution in [2.75, 3.05) is 6.61 Å². The van der Waals surface area contributed by atoms with Gasteiger partial charge in [0.2, 0.25) is 0 Å². The van der Waals surface area contributed by atoms with E-state index in [0.717, 1.165) is 33.6 Å². The fraction of sp³-hybridized carbons (Fsp3) is 0.286. The average molecular weight is 281 g/mol. The molecule has 2 nitrogen and oxygen atoms in total. The number of rotatable bonds is 3. The van der Waals surface area contributed by atoms with Crippen molar-refractivity contribution in [1.29, 1.82) is 0 Å². The Bertz CT molecular complexity index is 565. The van der Waals surface area contributed by atoms with Crippen molar-refractivity contribution in [3.8, 4) is 5.75 Å². The largest absolute Gasteiger partial charge is 0.493 e. The maximum Gasteiger partial charge on any atom is 0.122 e. The van der Waals surface area contributed by atoms with Crippen LogP contribution < -0.4 is 4.74 Å². The highest BCUT2D eigenvalue weighted by molar-refractivity contribution is 7.16. The molecule has 1 N–H and O–H groups in total. The lowest BCUT2D eigenvalue weighted by molar-refractivity contribution is 0.179. The number of aliphatic hydroxyl groups excluding tert-OH is 1. The maximum atomic E-state index is 10.2. The first-order valence-corrected chi connectivity index (χ1v) is 7.10. The Hall–Kier alpha value is -1.03. The van der Waals surface area contributed by atoms with Crippen molar-refractivity contribution in [2.24, 2.45) is 0 Å². The minimum absolute atomic E-state index is 0.481. The fourth-order valence-corrected chi connectivity index (χ4v) is 3.31. The summed E-state index contributed by atoms with van der Waals surface area (Å²) in [6, 6.07) is 9.76. The van der Waals surface area contributed by atoms with E-state index >= 15 is 0 Å². The van der Waals surface area contributed by atoms with Crippen LogP contribution in [0.4, 0.5) is 0 Å². The Kier molecular flexibility index (Phi) is 3.29. The van der Waals surface area contributed by atoms with E-state index in [1.165, 1.54) is 16.9 Å². The number of hydrogen-bond donors (Lipinski definition) is 1. The second kappa shape index (κ2) is 4.92. The van der Waals surface area contributed by atoms with Crippen molar-refractivity contribution in [1.82, 2.24) is 0 Å². The maximum absolute atomic E-state index is 10.2. The van der Waals surface area contributed by atoms with Gasteiger partial charge in [0.15, 0.2) is 0 Å². The van der Waals surface area contributed by atoms with Gasteiger partial charge in [0.25, 0.3) is 0 Å². The summed E-state index contributed by atoms with van der Waals surface area (Å²) in [6.07, 6.45) is 1.06. The molecule has 0 saturated heterocycles. The molecule has 1 aliphatic heterocycles. The van der Waals surface area contributed by atoms with Gasteiger partial charge in [-0.15, -0.1) is 11.3 Å². The Morgan fingerprint density at radius 2 is 2.22 bits per heavy atom. The van der Waals surface area contributed by atoms with Gasteiger partial charge in [0, 0.05) is 17.7 Å². The van der Waals surface area contributed by atoms with Crippen LogP contribution in [0.25, 0.3) is 0 Å². The Balaban J connectivity index is 1.78. The molecule has 2 aromatic rings. The summed E-state index contributed by atoms with van der Waals surface area (Å²) in [4.78, 5) is 1.10. The molecule has 0 aliphatic carbocycles. The van der Waals surface area contributed by atoms with Gasteiger partial charge in [-0.2, -0.15) is 0 Å². The van der Waals surface area contributed by atoms with E-state index in [2.05, 4.69) is 0 Å². The van der Waals surface area contributed by atoms with Gasteiger partial charge in [-0.3, -0.25) is 0 Å². The van der Waals surface area contributed by atoms with Gasteiger partial charge in [0.05, 0.1) is 17.0 Å². The smallest absolute Gasteiger partial charge is 0.122 e. The number of thiophene rings is 1. The van der Waals surface area contributed by atoms with Crippen LogP contribution in [0.5, 0.6) is 5.75 Å². The van der Waals surface area contributed by atoms with E-state index in [1.807, 2.05) is 30.3 Å². The minimum atomic E-state index is -0.481. The highest BCUT2D eigenvalue weighted by Crippen LogP contribution is 2.31. The first kappa shape index (κ1) is 12.0. The van der Waals surface area contributed by atoms with Crippen molar-refractivity contribution < 1.29 is 9.84 Å². The summed E-state index contributed by atoms with van der Waals surface area (Å²) in [5.41, 5.74) is 2.14. The van der Waals surface area contributed by atoms with E-state index in [4.69, 9.17) is 16.3 Å². The summed E-state index contributed by atoms with van der Waals surface area (Å²) in [7, 11) is 0. The second-order valence-corrected chi connectivity index (χ2v) is 6.19. The Morgan fingerprint density at radius 1 is 1.33 bits per heavy atom. The van der Waals surface area contributed by atoms with Crippen LogP contribution in [0.15, 0.2) is 30.3 Å². The molecule has 1 aliphatic rings. The summed E-state index contributed by atoms with van der Waals surface area (Å²) < 4.78 is 6.22. The Labute approximate surface area is 115 Å². The molecule has 0 radical (unpaired) electrons. The second-order valence-electron chi connectivity index (χ2n) is 4.39. The molecule has 0 spiro atoms. The lowest BCUT2D eigenvalue weighted by Crippen LogP contribution is -2.00. The molecule has 1 aromatic heterocycles. The molecule has 2 heterocycles. The van der Waals surface area contributed by atoms with Crippen LogP contribution in [0.2, 0.25) is 4.34 Å². The van der Waals surface area contributed by atoms with Gasteiger partial charge in [-0.1, -0.05) is 17.7 Å². The number of aliphatic hydroxyl groups is 1. The van der Waals surface area contributed by atoms with Crippen LogP contribution in [0.1, 0.15) is 22.1 Å². The molecular weight excluding hydrogens is 268 g/mol. The molecule has 0 fully saturated rings. The van der Waals surface area contributed by atoms with E-state index in [9.17, 15) is 5.11 Å². The van der Waals surface area contributed by atoms with Crippen molar-refractivity contribution in [2.45, 2.75) is 18.9 Å². The van der Waals surface area contributed by atoms with Gasteiger partial charge < -0.3 is 9.84 Å². The molecule has 0 saturated carbocycles. The predicted octanol–water partition coefficient (Wildman–Crippen LogP) is 3.61. The lowest BCUT2D eigenvalue weighted by Gasteiger charge is -2.11. The number of halogens is 1. The third kappa shape index (κ3) is 2.39. The van der Waals surface area contributed by atoms with E-state index < -0.39 is 6.10 Å². The zero-order valence-corrected chi connectivity index (χ0v) is 11.3. The highest BCUT2D eigenvalue weighted by Gasteiger charge is 2.16. The lowest BCUT2D eigenvalue weighted by atomic mass is 10.0. The molecule has 4 heteroatoms. The molecule has 0 amide bonds. The summed E-state index contributed by atoms with van der Waals surface area (Å²) in [5, 5.41) is 10.2. The van der Waals surface area contributed by atoms with Gasteiger partial charge in [0.1, 0.15) is 5.75 Å². The van der Waals surface area contributed by atoms with Crippen LogP contribution in [0.3, 0.4) is 0 Å². The van der Waals surface area contributed by atoms with Gasteiger partial charge >= 0.3 is 0 Å². The van der Waals surface area contributed by atoms with E-state index in [0.29, 0.717) is 6.42 Å². The third-order valence-corrected chi connectivity index (χ3v) is 4.38. The first-order valence-electron chi connectivity index (χ1n) is 5.90. The minimum Gasteiger partial charge on any atom is -0.493 e. The van der Waals surface area contributed by atoms with Crippen LogP contribution in [-0.2, 0) is 12.8 Å². The molecule has 94 valence electrons. The predicted molar refractivity (Wildman–Crippen MR) is 73.6 cm³/mol. The summed E-state index contributed by atoms with van der Waals surface area (Å²) in [5.74, 6) is 0.949. The molecular formula is C14H13ClO2S. The fourth-order valence-electron chi connectivity index (χ4n) is 2.18. The Morgan fingerprint density at radius 3 is 3.00 bits per heavy atom. The molecule has 3 rings (SSSR count). The molecule has 1 unspecified atom stereocenters.